The SMILES string of the molecule is CC(C(=O)Nc1nc(-c2ccco2)cs1)n1nc(-c2ccc(F)cc2)ccc1=O. The number of carbonyl (C=O) groups is 1. The second kappa shape index (κ2) is 7.80. The number of amides is 1. The third kappa shape index (κ3) is 3.99. The second-order valence-corrected chi connectivity index (χ2v) is 7.05. The minimum absolute atomic E-state index is 0.368. The van der Waals surface area contributed by atoms with Crippen molar-refractivity contribution in [3.8, 4) is 22.7 Å². The predicted octanol–water partition coefficient (Wildman–Crippen LogP) is 3.97. The van der Waals surface area contributed by atoms with Crippen LogP contribution >= 0.6 is 11.3 Å². The van der Waals surface area contributed by atoms with Crippen LogP contribution in [0.4, 0.5) is 9.52 Å². The number of thiazole rings is 1. The molecule has 29 heavy (non-hydrogen) atoms. The van der Waals surface area contributed by atoms with E-state index in [1.807, 2.05) is 0 Å². The molecule has 4 rings (SSSR count). The Morgan fingerprint density at radius 3 is 2.69 bits per heavy atom. The van der Waals surface area contributed by atoms with Crippen molar-refractivity contribution < 1.29 is 13.6 Å². The minimum Gasteiger partial charge on any atom is -0.463 e. The van der Waals surface area contributed by atoms with Crippen LogP contribution in [0.2, 0.25) is 0 Å². The molecule has 1 aromatic carbocycles. The third-order valence-electron chi connectivity index (χ3n) is 4.22. The van der Waals surface area contributed by atoms with Crippen LogP contribution in [0.5, 0.6) is 0 Å². The number of nitrogens with zero attached hydrogens (tertiary/aromatic N) is 3. The van der Waals surface area contributed by atoms with Crippen LogP contribution in [0, 0.1) is 5.82 Å². The number of aromatic nitrogens is 3. The maximum Gasteiger partial charge on any atom is 0.267 e. The lowest BCUT2D eigenvalue weighted by Gasteiger charge is -2.14. The molecule has 3 aromatic heterocycles. The van der Waals surface area contributed by atoms with Gasteiger partial charge in [-0.1, -0.05) is 0 Å². The summed E-state index contributed by atoms with van der Waals surface area (Å²) in [6, 6.07) is 11.2. The largest absolute Gasteiger partial charge is 0.463 e. The Balaban J connectivity index is 1.55. The molecule has 1 atom stereocenters. The van der Waals surface area contributed by atoms with E-state index in [1.54, 1.807) is 42.8 Å². The van der Waals surface area contributed by atoms with Crippen molar-refractivity contribution >= 4 is 22.4 Å². The fourth-order valence-electron chi connectivity index (χ4n) is 2.67. The summed E-state index contributed by atoms with van der Waals surface area (Å²) in [5.74, 6) is -0.205. The highest BCUT2D eigenvalue weighted by Crippen LogP contribution is 2.25. The van der Waals surface area contributed by atoms with Crippen LogP contribution in [0.15, 0.2) is 69.4 Å². The molecule has 7 nitrogen and oxygen atoms in total. The van der Waals surface area contributed by atoms with Gasteiger partial charge >= 0.3 is 0 Å². The van der Waals surface area contributed by atoms with Gasteiger partial charge in [0.15, 0.2) is 10.9 Å². The van der Waals surface area contributed by atoms with Gasteiger partial charge in [0.1, 0.15) is 17.6 Å². The number of hydrogen-bond donors (Lipinski definition) is 1. The molecule has 0 fully saturated rings. The maximum absolute atomic E-state index is 13.1. The summed E-state index contributed by atoms with van der Waals surface area (Å²) >= 11 is 1.25. The standard InChI is InChI=1S/C20H15FN4O3S/c1-12(19(27)23-20-22-16(11-29-20)17-3-2-10-28-17)25-18(26)9-8-15(24-25)13-4-6-14(21)7-5-13/h2-12H,1H3,(H,22,23,27). The van der Waals surface area contributed by atoms with Gasteiger partial charge in [-0.15, -0.1) is 11.3 Å². The molecule has 1 N–H and O–H groups in total. The van der Waals surface area contributed by atoms with Crippen LogP contribution in [-0.4, -0.2) is 20.7 Å². The van der Waals surface area contributed by atoms with E-state index in [0.29, 0.717) is 27.8 Å². The summed E-state index contributed by atoms with van der Waals surface area (Å²) < 4.78 is 19.5. The molecule has 4 aromatic rings. The summed E-state index contributed by atoms with van der Waals surface area (Å²) in [7, 11) is 0. The highest BCUT2D eigenvalue weighted by atomic mass is 32.1. The van der Waals surface area contributed by atoms with Gasteiger partial charge in [-0.3, -0.25) is 9.59 Å². The molecule has 0 aliphatic carbocycles. The highest BCUT2D eigenvalue weighted by Gasteiger charge is 2.20. The molecule has 0 saturated carbocycles. The van der Waals surface area contributed by atoms with E-state index in [2.05, 4.69) is 15.4 Å². The Bertz CT molecular complexity index is 1200. The lowest BCUT2D eigenvalue weighted by Crippen LogP contribution is -2.33. The molecule has 1 unspecified atom stereocenters. The molecule has 0 aliphatic rings. The van der Waals surface area contributed by atoms with Gasteiger partial charge in [0, 0.05) is 17.0 Å². The molecular formula is C20H15FN4O3S. The molecule has 0 radical (unpaired) electrons. The van der Waals surface area contributed by atoms with Crippen molar-refractivity contribution in [2.45, 2.75) is 13.0 Å². The van der Waals surface area contributed by atoms with Crippen molar-refractivity contribution in [3.05, 3.63) is 76.3 Å². The molecule has 0 spiro atoms. The first-order valence-corrected chi connectivity index (χ1v) is 9.55. The molecule has 0 bridgehead atoms. The Morgan fingerprint density at radius 1 is 1.17 bits per heavy atom. The molecule has 1 amide bonds. The van der Waals surface area contributed by atoms with E-state index in [4.69, 9.17) is 4.42 Å². The second-order valence-electron chi connectivity index (χ2n) is 6.19. The number of rotatable bonds is 5. The van der Waals surface area contributed by atoms with Crippen LogP contribution < -0.4 is 10.9 Å². The Hall–Kier alpha value is -3.59. The number of benzene rings is 1. The highest BCUT2D eigenvalue weighted by molar-refractivity contribution is 7.14. The Morgan fingerprint density at radius 2 is 1.97 bits per heavy atom. The van der Waals surface area contributed by atoms with Gasteiger partial charge in [-0.25, -0.2) is 14.1 Å². The lowest BCUT2D eigenvalue weighted by molar-refractivity contribution is -0.119. The summed E-state index contributed by atoms with van der Waals surface area (Å²) in [4.78, 5) is 29.2. The molecule has 0 saturated heterocycles. The first-order valence-electron chi connectivity index (χ1n) is 8.67. The number of furan rings is 1. The van der Waals surface area contributed by atoms with E-state index in [0.717, 1.165) is 4.68 Å². The zero-order chi connectivity index (χ0) is 20.4. The Kier molecular flexibility index (Phi) is 5.05. The maximum atomic E-state index is 13.1. The number of carbonyl (C=O) groups excluding carboxylic acids is 1. The summed E-state index contributed by atoms with van der Waals surface area (Å²) in [5, 5.41) is 9.11. The first-order chi connectivity index (χ1) is 14.0. The van der Waals surface area contributed by atoms with Crippen molar-refractivity contribution in [2.24, 2.45) is 0 Å². The van der Waals surface area contributed by atoms with Gasteiger partial charge in [-0.05, 0) is 49.4 Å². The topological polar surface area (TPSA) is 90.0 Å². The van der Waals surface area contributed by atoms with Gasteiger partial charge < -0.3 is 9.73 Å². The van der Waals surface area contributed by atoms with Gasteiger partial charge in [0.2, 0.25) is 0 Å². The Labute approximate surface area is 168 Å². The average Bonchev–Trinajstić information content (AvgIpc) is 3.40. The lowest BCUT2D eigenvalue weighted by atomic mass is 10.1. The van der Waals surface area contributed by atoms with Gasteiger partial charge in [0.25, 0.3) is 11.5 Å². The molecule has 9 heteroatoms. The van der Waals surface area contributed by atoms with Crippen molar-refractivity contribution in [1.29, 1.82) is 0 Å². The fraction of sp³-hybridized carbons (Fsp3) is 0.100. The van der Waals surface area contributed by atoms with E-state index >= 15 is 0 Å². The van der Waals surface area contributed by atoms with E-state index < -0.39 is 17.5 Å². The summed E-state index contributed by atoms with van der Waals surface area (Å²) in [6.45, 7) is 1.57. The quantitative estimate of drug-likeness (QED) is 0.538. The average molecular weight is 410 g/mol. The van der Waals surface area contributed by atoms with Gasteiger partial charge in [0.05, 0.1) is 12.0 Å². The van der Waals surface area contributed by atoms with E-state index in [-0.39, 0.29) is 5.82 Å². The normalized spacial score (nSPS) is 11.9. The monoisotopic (exact) mass is 410 g/mol. The summed E-state index contributed by atoms with van der Waals surface area (Å²) in [6.07, 6.45) is 1.54. The molecule has 3 heterocycles. The number of nitrogens with one attached hydrogen (secondary N) is 1. The van der Waals surface area contributed by atoms with Crippen LogP contribution in [0.3, 0.4) is 0 Å². The molecule has 146 valence electrons. The predicted molar refractivity (Wildman–Crippen MR) is 107 cm³/mol. The minimum atomic E-state index is -0.876. The summed E-state index contributed by atoms with van der Waals surface area (Å²) in [5.41, 5.74) is 1.28. The zero-order valence-corrected chi connectivity index (χ0v) is 16.0. The fourth-order valence-corrected chi connectivity index (χ4v) is 3.37. The zero-order valence-electron chi connectivity index (χ0n) is 15.2. The molecular weight excluding hydrogens is 395 g/mol. The molecule has 0 aliphatic heterocycles. The number of anilines is 1. The van der Waals surface area contributed by atoms with Crippen molar-refractivity contribution in [1.82, 2.24) is 14.8 Å². The van der Waals surface area contributed by atoms with Crippen LogP contribution in [-0.2, 0) is 4.79 Å². The smallest absolute Gasteiger partial charge is 0.267 e. The van der Waals surface area contributed by atoms with E-state index in [9.17, 15) is 14.0 Å². The van der Waals surface area contributed by atoms with Crippen molar-refractivity contribution in [3.63, 3.8) is 0 Å². The van der Waals surface area contributed by atoms with Gasteiger partial charge in [-0.2, -0.15) is 5.10 Å². The number of halogens is 1. The van der Waals surface area contributed by atoms with Crippen molar-refractivity contribution in [2.75, 3.05) is 5.32 Å². The third-order valence-corrected chi connectivity index (χ3v) is 4.98. The van der Waals surface area contributed by atoms with Crippen LogP contribution in [0.25, 0.3) is 22.7 Å². The first kappa shape index (κ1) is 18.8. The van der Waals surface area contributed by atoms with E-state index in [1.165, 1.54) is 35.6 Å². The number of hydrogen-bond acceptors (Lipinski definition) is 6. The van der Waals surface area contributed by atoms with Crippen LogP contribution in [0.1, 0.15) is 13.0 Å².